The van der Waals surface area contributed by atoms with Crippen LogP contribution < -0.4 is 9.62 Å². The summed E-state index contributed by atoms with van der Waals surface area (Å²) in [5.41, 5.74) is 0.400. The Bertz CT molecular complexity index is 867. The second-order valence-electron chi connectivity index (χ2n) is 6.49. The van der Waals surface area contributed by atoms with Gasteiger partial charge in [0.2, 0.25) is 0 Å². The average Bonchev–Trinajstić information content (AvgIpc) is 2.64. The van der Waals surface area contributed by atoms with E-state index in [-0.39, 0.29) is 9.92 Å². The van der Waals surface area contributed by atoms with E-state index in [9.17, 15) is 8.42 Å². The van der Waals surface area contributed by atoms with Crippen LogP contribution in [0, 0.1) is 0 Å². The third-order valence-corrected chi connectivity index (χ3v) is 6.80. The van der Waals surface area contributed by atoms with Crippen molar-refractivity contribution in [2.24, 2.45) is 0 Å². The number of hydrogen-bond acceptors (Lipinski definition) is 4. The van der Waals surface area contributed by atoms with Crippen LogP contribution in [0.15, 0.2) is 41.4 Å². The molecule has 8 heteroatoms. The number of benzene rings is 1. The Morgan fingerprint density at radius 2 is 1.81 bits per heavy atom. The zero-order valence-electron chi connectivity index (χ0n) is 14.5. The molecule has 3 rings (SSSR count). The normalized spacial score (nSPS) is 15.7. The van der Waals surface area contributed by atoms with Gasteiger partial charge in [-0.25, -0.2) is 13.4 Å². The Hall–Kier alpha value is -1.50. The fourth-order valence-corrected chi connectivity index (χ4v) is 4.60. The summed E-state index contributed by atoms with van der Waals surface area (Å²) >= 11 is 11.8. The minimum absolute atomic E-state index is 0.0512. The molecule has 0 amide bonds. The second-order valence-corrected chi connectivity index (χ2v) is 8.99. The van der Waals surface area contributed by atoms with E-state index in [0.29, 0.717) is 16.8 Å². The van der Waals surface area contributed by atoms with Crippen LogP contribution in [0.2, 0.25) is 10.0 Å². The number of nitrogens with zero attached hydrogens (tertiary/aromatic N) is 2. The van der Waals surface area contributed by atoms with Gasteiger partial charge in [-0.15, -0.1) is 0 Å². The van der Waals surface area contributed by atoms with Crippen LogP contribution in [-0.4, -0.2) is 26.5 Å². The summed E-state index contributed by atoms with van der Waals surface area (Å²) in [6, 6.07) is 8.24. The number of rotatable bonds is 5. The Balaban J connectivity index is 1.73. The number of pyridine rings is 1. The first-order valence-corrected chi connectivity index (χ1v) is 10.8. The molecule has 0 saturated heterocycles. The highest BCUT2D eigenvalue weighted by Crippen LogP contribution is 2.27. The summed E-state index contributed by atoms with van der Waals surface area (Å²) in [5, 5.41) is 0.500. The molecule has 0 spiro atoms. The van der Waals surface area contributed by atoms with Crippen molar-refractivity contribution >= 4 is 44.7 Å². The molecule has 26 heavy (non-hydrogen) atoms. The van der Waals surface area contributed by atoms with Crippen molar-refractivity contribution in [1.82, 2.24) is 4.98 Å². The standard InChI is InChI=1S/C18H21Cl2N3O2S/c1-23(14-5-3-2-4-6-14)18-10-7-13(12-21-18)22-26(24,25)15-8-9-16(19)17(20)11-15/h7-12,14,22H,2-6H2,1H3. The number of sulfonamides is 1. The fraction of sp³-hybridized carbons (Fsp3) is 0.389. The number of halogens is 2. The van der Waals surface area contributed by atoms with Crippen LogP contribution >= 0.6 is 23.2 Å². The van der Waals surface area contributed by atoms with Crippen molar-refractivity contribution in [3.63, 3.8) is 0 Å². The molecule has 0 bridgehead atoms. The summed E-state index contributed by atoms with van der Waals surface area (Å²) in [4.78, 5) is 6.64. The van der Waals surface area contributed by atoms with Crippen molar-refractivity contribution in [3.8, 4) is 0 Å². The SMILES string of the molecule is CN(c1ccc(NS(=O)(=O)c2ccc(Cl)c(Cl)c2)cn1)C1CCCCC1. The molecule has 140 valence electrons. The summed E-state index contributed by atoms with van der Waals surface area (Å²) in [5.74, 6) is 0.842. The highest BCUT2D eigenvalue weighted by atomic mass is 35.5. The average molecular weight is 414 g/mol. The smallest absolute Gasteiger partial charge is 0.261 e. The van der Waals surface area contributed by atoms with Crippen LogP contribution in [-0.2, 0) is 10.0 Å². The predicted molar refractivity (Wildman–Crippen MR) is 107 cm³/mol. The maximum atomic E-state index is 12.5. The lowest BCUT2D eigenvalue weighted by Crippen LogP contribution is -2.33. The number of aromatic nitrogens is 1. The third-order valence-electron chi connectivity index (χ3n) is 4.69. The molecule has 2 aromatic rings. The summed E-state index contributed by atoms with van der Waals surface area (Å²) in [7, 11) is -1.71. The van der Waals surface area contributed by atoms with Crippen LogP contribution in [0.4, 0.5) is 11.5 Å². The molecule has 5 nitrogen and oxygen atoms in total. The summed E-state index contributed by atoms with van der Waals surface area (Å²) in [6.45, 7) is 0. The molecular weight excluding hydrogens is 393 g/mol. The van der Waals surface area contributed by atoms with Gasteiger partial charge in [0, 0.05) is 13.1 Å². The first kappa shape index (κ1) is 19.3. The zero-order valence-corrected chi connectivity index (χ0v) is 16.8. The Morgan fingerprint density at radius 3 is 2.42 bits per heavy atom. The third kappa shape index (κ3) is 4.42. The first-order chi connectivity index (χ1) is 12.4. The lowest BCUT2D eigenvalue weighted by Gasteiger charge is -2.32. The molecule has 1 aromatic carbocycles. The molecule has 1 heterocycles. The minimum atomic E-state index is -3.75. The molecule has 0 aliphatic heterocycles. The maximum absolute atomic E-state index is 12.5. The highest BCUT2D eigenvalue weighted by Gasteiger charge is 2.20. The van der Waals surface area contributed by atoms with Gasteiger partial charge in [-0.3, -0.25) is 4.72 Å². The molecular formula is C18H21Cl2N3O2S. The molecule has 0 atom stereocenters. The van der Waals surface area contributed by atoms with Crippen molar-refractivity contribution < 1.29 is 8.42 Å². The number of anilines is 2. The summed E-state index contributed by atoms with van der Waals surface area (Å²) < 4.78 is 27.5. The van der Waals surface area contributed by atoms with Gasteiger partial charge in [0.1, 0.15) is 5.82 Å². The van der Waals surface area contributed by atoms with Crippen molar-refractivity contribution in [3.05, 3.63) is 46.6 Å². The lowest BCUT2D eigenvalue weighted by atomic mass is 9.94. The lowest BCUT2D eigenvalue weighted by molar-refractivity contribution is 0.426. The molecule has 1 aliphatic carbocycles. The van der Waals surface area contributed by atoms with Crippen LogP contribution in [0.5, 0.6) is 0 Å². The van der Waals surface area contributed by atoms with Crippen molar-refractivity contribution in [1.29, 1.82) is 0 Å². The van der Waals surface area contributed by atoms with Crippen LogP contribution in [0.1, 0.15) is 32.1 Å². The van der Waals surface area contributed by atoms with Crippen molar-refractivity contribution in [2.75, 3.05) is 16.7 Å². The summed E-state index contributed by atoms with van der Waals surface area (Å²) in [6.07, 6.45) is 7.66. The molecule has 1 fully saturated rings. The quantitative estimate of drug-likeness (QED) is 0.752. The number of hydrogen-bond donors (Lipinski definition) is 1. The van der Waals surface area contributed by atoms with Gasteiger partial charge in [-0.2, -0.15) is 0 Å². The van der Waals surface area contributed by atoms with Gasteiger partial charge in [-0.1, -0.05) is 42.5 Å². The molecule has 0 unspecified atom stereocenters. The van der Waals surface area contributed by atoms with E-state index in [4.69, 9.17) is 23.2 Å². The van der Waals surface area contributed by atoms with E-state index < -0.39 is 10.0 Å². The zero-order chi connectivity index (χ0) is 18.7. The Kier molecular flexibility index (Phi) is 5.95. The van der Waals surface area contributed by atoms with E-state index in [2.05, 4.69) is 14.6 Å². The maximum Gasteiger partial charge on any atom is 0.261 e. The number of nitrogens with one attached hydrogen (secondary N) is 1. The molecule has 0 radical (unpaired) electrons. The van der Waals surface area contributed by atoms with Gasteiger partial charge >= 0.3 is 0 Å². The molecule has 1 N–H and O–H groups in total. The topological polar surface area (TPSA) is 62.3 Å². The molecule has 1 aromatic heterocycles. The van der Waals surface area contributed by atoms with Crippen LogP contribution in [0.25, 0.3) is 0 Å². The Labute approximate surface area is 164 Å². The van der Waals surface area contributed by atoms with E-state index in [1.165, 1.54) is 56.5 Å². The van der Waals surface area contributed by atoms with E-state index in [1.54, 1.807) is 6.07 Å². The Morgan fingerprint density at radius 1 is 1.08 bits per heavy atom. The van der Waals surface area contributed by atoms with Gasteiger partial charge in [0.15, 0.2) is 0 Å². The first-order valence-electron chi connectivity index (χ1n) is 8.53. The van der Waals surface area contributed by atoms with Gasteiger partial charge in [0.25, 0.3) is 10.0 Å². The van der Waals surface area contributed by atoms with Crippen molar-refractivity contribution in [2.45, 2.75) is 43.0 Å². The minimum Gasteiger partial charge on any atom is -0.357 e. The monoisotopic (exact) mass is 413 g/mol. The largest absolute Gasteiger partial charge is 0.357 e. The molecule has 1 saturated carbocycles. The van der Waals surface area contributed by atoms with E-state index in [0.717, 1.165) is 5.82 Å². The second kappa shape index (κ2) is 8.03. The van der Waals surface area contributed by atoms with Gasteiger partial charge in [-0.05, 0) is 43.2 Å². The fourth-order valence-electron chi connectivity index (χ4n) is 3.17. The highest BCUT2D eigenvalue weighted by molar-refractivity contribution is 7.92. The van der Waals surface area contributed by atoms with Gasteiger partial charge < -0.3 is 4.90 Å². The van der Waals surface area contributed by atoms with E-state index >= 15 is 0 Å². The van der Waals surface area contributed by atoms with Gasteiger partial charge in [0.05, 0.1) is 26.8 Å². The van der Waals surface area contributed by atoms with Crippen LogP contribution in [0.3, 0.4) is 0 Å². The molecule has 1 aliphatic rings. The van der Waals surface area contributed by atoms with E-state index in [1.807, 2.05) is 13.1 Å². The predicted octanol–water partition coefficient (Wildman–Crippen LogP) is 4.96.